The number of pyridine rings is 2. The van der Waals surface area contributed by atoms with Crippen LogP contribution >= 0.6 is 0 Å². The summed E-state index contributed by atoms with van der Waals surface area (Å²) in [7, 11) is 0. The summed E-state index contributed by atoms with van der Waals surface area (Å²) in [5.41, 5.74) is 1.41. The lowest BCUT2D eigenvalue weighted by atomic mass is 10.1. The van der Waals surface area contributed by atoms with Crippen LogP contribution in [0.15, 0.2) is 59.8 Å². The molecule has 0 bridgehead atoms. The lowest BCUT2D eigenvalue weighted by Gasteiger charge is -2.24. The number of hydrogen-bond acceptors (Lipinski definition) is 5. The molecule has 1 fully saturated rings. The number of amides is 1. The van der Waals surface area contributed by atoms with Crippen molar-refractivity contribution in [1.29, 1.82) is 0 Å². The number of likely N-dealkylation sites (tertiary alicyclic amines) is 1. The van der Waals surface area contributed by atoms with Gasteiger partial charge in [-0.1, -0.05) is 6.07 Å². The Balaban J connectivity index is 1.69. The first kappa shape index (κ1) is 16.1. The van der Waals surface area contributed by atoms with Crippen molar-refractivity contribution in [2.75, 3.05) is 6.54 Å². The molecule has 1 aliphatic heterocycles. The van der Waals surface area contributed by atoms with Crippen LogP contribution in [0.4, 0.5) is 0 Å². The maximum Gasteiger partial charge on any atom is 0.256 e. The molecule has 4 rings (SSSR count). The number of aromatic amines is 1. The molecule has 1 N–H and O–H groups in total. The molecule has 1 saturated heterocycles. The molecule has 3 aromatic heterocycles. The summed E-state index contributed by atoms with van der Waals surface area (Å²) in [4.78, 5) is 42.4. The van der Waals surface area contributed by atoms with Crippen LogP contribution in [-0.2, 0) is 0 Å². The lowest BCUT2D eigenvalue weighted by Crippen LogP contribution is -2.32. The fourth-order valence-corrected chi connectivity index (χ4v) is 3.23. The van der Waals surface area contributed by atoms with E-state index in [1.807, 2.05) is 12.1 Å². The molecule has 3 aromatic rings. The van der Waals surface area contributed by atoms with E-state index in [1.54, 1.807) is 41.7 Å². The van der Waals surface area contributed by atoms with E-state index >= 15 is 0 Å². The van der Waals surface area contributed by atoms with Crippen molar-refractivity contribution in [1.82, 2.24) is 24.8 Å². The van der Waals surface area contributed by atoms with Crippen LogP contribution in [0.25, 0.3) is 11.4 Å². The minimum absolute atomic E-state index is 0.105. The molecule has 0 aliphatic carbocycles. The molecule has 4 heterocycles. The van der Waals surface area contributed by atoms with Crippen molar-refractivity contribution in [3.8, 4) is 11.4 Å². The van der Waals surface area contributed by atoms with Gasteiger partial charge in [0, 0.05) is 31.2 Å². The lowest BCUT2D eigenvalue weighted by molar-refractivity contribution is 0.0729. The van der Waals surface area contributed by atoms with E-state index in [9.17, 15) is 9.59 Å². The van der Waals surface area contributed by atoms with Crippen LogP contribution in [0.1, 0.15) is 35.1 Å². The Kier molecular flexibility index (Phi) is 4.27. The van der Waals surface area contributed by atoms with Crippen molar-refractivity contribution in [3.63, 3.8) is 0 Å². The number of rotatable bonds is 3. The Morgan fingerprint density at radius 3 is 2.85 bits per heavy atom. The van der Waals surface area contributed by atoms with Gasteiger partial charge in [-0.25, -0.2) is 4.98 Å². The third kappa shape index (κ3) is 3.11. The number of carbonyl (C=O) groups is 1. The Bertz CT molecular complexity index is 972. The van der Waals surface area contributed by atoms with Crippen molar-refractivity contribution < 1.29 is 4.79 Å². The molecule has 0 unspecified atom stereocenters. The number of nitrogens with zero attached hydrogens (tertiary/aromatic N) is 4. The van der Waals surface area contributed by atoms with E-state index in [0.29, 0.717) is 29.3 Å². The first-order valence-electron chi connectivity index (χ1n) is 8.46. The average molecular weight is 347 g/mol. The van der Waals surface area contributed by atoms with Crippen LogP contribution < -0.4 is 5.56 Å². The van der Waals surface area contributed by atoms with Gasteiger partial charge in [-0.3, -0.25) is 19.6 Å². The Hall–Kier alpha value is -3.35. The predicted molar refractivity (Wildman–Crippen MR) is 95.3 cm³/mol. The molecule has 7 heteroatoms. The van der Waals surface area contributed by atoms with E-state index in [2.05, 4.69) is 19.9 Å². The van der Waals surface area contributed by atoms with Crippen LogP contribution in [-0.4, -0.2) is 37.3 Å². The second-order valence-electron chi connectivity index (χ2n) is 6.13. The first-order valence-corrected chi connectivity index (χ1v) is 8.46. The standard InChI is InChI=1S/C19H17N5O2/c25-17-11-15(14-6-1-2-9-21-14)22-18(23-17)16-7-4-10-24(16)19(26)13-5-3-8-20-12-13/h1-3,5-6,8-9,11-12,16H,4,7,10H2,(H,22,23,25)/t16-/m0/s1. The Morgan fingerprint density at radius 2 is 2.08 bits per heavy atom. The summed E-state index contributed by atoms with van der Waals surface area (Å²) < 4.78 is 0. The molecule has 0 saturated carbocycles. The maximum atomic E-state index is 12.8. The summed E-state index contributed by atoms with van der Waals surface area (Å²) in [6, 6.07) is 10.1. The van der Waals surface area contributed by atoms with E-state index in [1.165, 1.54) is 6.07 Å². The zero-order valence-electron chi connectivity index (χ0n) is 14.0. The average Bonchev–Trinajstić information content (AvgIpc) is 3.18. The summed E-state index contributed by atoms with van der Waals surface area (Å²) >= 11 is 0. The van der Waals surface area contributed by atoms with Gasteiger partial charge in [0.1, 0.15) is 5.82 Å². The minimum Gasteiger partial charge on any atom is -0.328 e. The molecular formula is C19H17N5O2. The largest absolute Gasteiger partial charge is 0.328 e. The highest BCUT2D eigenvalue weighted by Crippen LogP contribution is 2.31. The van der Waals surface area contributed by atoms with Gasteiger partial charge in [0.2, 0.25) is 0 Å². The molecular weight excluding hydrogens is 330 g/mol. The van der Waals surface area contributed by atoms with E-state index in [4.69, 9.17) is 0 Å². The van der Waals surface area contributed by atoms with Gasteiger partial charge in [-0.15, -0.1) is 0 Å². The van der Waals surface area contributed by atoms with Crippen LogP contribution in [0, 0.1) is 0 Å². The number of carbonyl (C=O) groups excluding carboxylic acids is 1. The molecule has 1 atom stereocenters. The maximum absolute atomic E-state index is 12.8. The molecule has 0 spiro atoms. The van der Waals surface area contributed by atoms with Crippen molar-refractivity contribution in [3.05, 3.63) is 76.7 Å². The predicted octanol–water partition coefficient (Wildman–Crippen LogP) is 2.20. The molecule has 7 nitrogen and oxygen atoms in total. The Morgan fingerprint density at radius 1 is 1.15 bits per heavy atom. The summed E-state index contributed by atoms with van der Waals surface area (Å²) in [5, 5.41) is 0. The highest BCUT2D eigenvalue weighted by Gasteiger charge is 2.32. The van der Waals surface area contributed by atoms with Crippen LogP contribution in [0.2, 0.25) is 0 Å². The molecule has 1 aliphatic rings. The van der Waals surface area contributed by atoms with Crippen molar-refractivity contribution in [2.24, 2.45) is 0 Å². The van der Waals surface area contributed by atoms with Gasteiger partial charge in [0.25, 0.3) is 11.5 Å². The third-order valence-electron chi connectivity index (χ3n) is 4.43. The van der Waals surface area contributed by atoms with E-state index < -0.39 is 0 Å². The smallest absolute Gasteiger partial charge is 0.256 e. The number of nitrogens with one attached hydrogen (secondary N) is 1. The molecule has 0 radical (unpaired) electrons. The van der Waals surface area contributed by atoms with Crippen molar-refractivity contribution in [2.45, 2.75) is 18.9 Å². The second kappa shape index (κ2) is 6.87. The fourth-order valence-electron chi connectivity index (χ4n) is 3.23. The van der Waals surface area contributed by atoms with Crippen LogP contribution in [0.5, 0.6) is 0 Å². The SMILES string of the molecule is O=C(c1cccnc1)N1CCC[C@H]1c1nc(-c2ccccn2)cc(=O)[nH]1. The normalized spacial score (nSPS) is 16.6. The van der Waals surface area contributed by atoms with E-state index in [-0.39, 0.29) is 17.5 Å². The third-order valence-corrected chi connectivity index (χ3v) is 4.43. The van der Waals surface area contributed by atoms with Crippen molar-refractivity contribution >= 4 is 5.91 Å². The van der Waals surface area contributed by atoms with Gasteiger partial charge in [-0.2, -0.15) is 0 Å². The molecule has 1 amide bonds. The Labute approximate surface area is 149 Å². The molecule has 0 aromatic carbocycles. The summed E-state index contributed by atoms with van der Waals surface area (Å²) in [5.74, 6) is 0.388. The minimum atomic E-state index is -0.265. The molecule has 130 valence electrons. The highest BCUT2D eigenvalue weighted by molar-refractivity contribution is 5.94. The van der Waals surface area contributed by atoms with Gasteiger partial charge in [-0.05, 0) is 37.1 Å². The van der Waals surface area contributed by atoms with Gasteiger partial charge >= 0.3 is 0 Å². The first-order chi connectivity index (χ1) is 12.7. The van der Waals surface area contributed by atoms with Gasteiger partial charge < -0.3 is 9.88 Å². The molecule has 26 heavy (non-hydrogen) atoms. The van der Waals surface area contributed by atoms with Gasteiger partial charge in [0.05, 0.1) is 23.0 Å². The zero-order valence-corrected chi connectivity index (χ0v) is 14.0. The quantitative estimate of drug-likeness (QED) is 0.784. The number of H-pyrrole nitrogens is 1. The van der Waals surface area contributed by atoms with E-state index in [0.717, 1.165) is 12.8 Å². The van der Waals surface area contributed by atoms with Crippen LogP contribution in [0.3, 0.4) is 0 Å². The summed E-state index contributed by atoms with van der Waals surface area (Å²) in [6.45, 7) is 0.621. The zero-order chi connectivity index (χ0) is 17.9. The van der Waals surface area contributed by atoms with Gasteiger partial charge in [0.15, 0.2) is 0 Å². The number of aromatic nitrogens is 4. The topological polar surface area (TPSA) is 91.8 Å². The number of hydrogen-bond donors (Lipinski definition) is 1. The second-order valence-corrected chi connectivity index (χ2v) is 6.13. The fraction of sp³-hybridized carbons (Fsp3) is 0.211. The summed E-state index contributed by atoms with van der Waals surface area (Å²) in [6.07, 6.45) is 6.45. The highest BCUT2D eigenvalue weighted by atomic mass is 16.2. The monoisotopic (exact) mass is 347 g/mol.